The Balaban J connectivity index is 2.13. The number of rotatable bonds is 4. The lowest BCUT2D eigenvalue weighted by atomic mass is 10.1. The van der Waals surface area contributed by atoms with Gasteiger partial charge in [-0.3, -0.25) is 4.98 Å². The molecule has 1 aromatic carbocycles. The zero-order chi connectivity index (χ0) is 14.5. The SMILES string of the molecule is COC(=O)c1cccc(NCc2ccc(C)nc2)c1C. The highest BCUT2D eigenvalue weighted by atomic mass is 16.5. The molecule has 0 aliphatic rings. The van der Waals surface area contributed by atoms with E-state index in [-0.39, 0.29) is 5.97 Å². The molecule has 0 radical (unpaired) electrons. The molecule has 0 amide bonds. The lowest BCUT2D eigenvalue weighted by molar-refractivity contribution is 0.0600. The van der Waals surface area contributed by atoms with E-state index in [4.69, 9.17) is 4.74 Å². The summed E-state index contributed by atoms with van der Waals surface area (Å²) in [6.45, 7) is 4.53. The number of anilines is 1. The van der Waals surface area contributed by atoms with E-state index in [1.165, 1.54) is 7.11 Å². The van der Waals surface area contributed by atoms with E-state index in [0.717, 1.165) is 22.5 Å². The molecule has 2 aromatic rings. The summed E-state index contributed by atoms with van der Waals surface area (Å²) in [5.41, 5.74) is 4.49. The predicted molar refractivity (Wildman–Crippen MR) is 78.8 cm³/mol. The number of esters is 1. The molecule has 0 aliphatic heterocycles. The zero-order valence-corrected chi connectivity index (χ0v) is 11.9. The predicted octanol–water partition coefficient (Wildman–Crippen LogP) is 3.10. The van der Waals surface area contributed by atoms with Crippen molar-refractivity contribution in [2.45, 2.75) is 20.4 Å². The van der Waals surface area contributed by atoms with Gasteiger partial charge in [0.1, 0.15) is 0 Å². The second kappa shape index (κ2) is 6.19. The third kappa shape index (κ3) is 3.15. The fraction of sp³-hybridized carbons (Fsp3) is 0.250. The first-order chi connectivity index (χ1) is 9.61. The van der Waals surface area contributed by atoms with Gasteiger partial charge in [0.2, 0.25) is 0 Å². The monoisotopic (exact) mass is 270 g/mol. The van der Waals surface area contributed by atoms with Crippen molar-refractivity contribution in [1.29, 1.82) is 0 Å². The highest BCUT2D eigenvalue weighted by Gasteiger charge is 2.11. The molecule has 1 aromatic heterocycles. The molecule has 20 heavy (non-hydrogen) atoms. The Hall–Kier alpha value is -2.36. The smallest absolute Gasteiger partial charge is 0.338 e. The Labute approximate surface area is 118 Å². The van der Waals surface area contributed by atoms with Crippen LogP contribution in [0.25, 0.3) is 0 Å². The third-order valence-electron chi connectivity index (χ3n) is 3.19. The first kappa shape index (κ1) is 14.1. The van der Waals surface area contributed by atoms with E-state index in [0.29, 0.717) is 12.1 Å². The minimum Gasteiger partial charge on any atom is -0.465 e. The summed E-state index contributed by atoms with van der Waals surface area (Å²) in [6, 6.07) is 9.57. The van der Waals surface area contributed by atoms with Crippen LogP contribution in [-0.4, -0.2) is 18.1 Å². The van der Waals surface area contributed by atoms with Crippen molar-refractivity contribution >= 4 is 11.7 Å². The molecule has 1 N–H and O–H groups in total. The van der Waals surface area contributed by atoms with E-state index in [9.17, 15) is 4.79 Å². The molecule has 4 nitrogen and oxygen atoms in total. The fourth-order valence-corrected chi connectivity index (χ4v) is 1.96. The number of ether oxygens (including phenoxy) is 1. The Kier molecular flexibility index (Phi) is 4.35. The minimum absolute atomic E-state index is 0.317. The first-order valence-corrected chi connectivity index (χ1v) is 6.45. The summed E-state index contributed by atoms with van der Waals surface area (Å²) in [6.07, 6.45) is 1.85. The molecule has 0 aliphatic carbocycles. The highest BCUT2D eigenvalue weighted by Crippen LogP contribution is 2.20. The van der Waals surface area contributed by atoms with Crippen LogP contribution in [0, 0.1) is 13.8 Å². The van der Waals surface area contributed by atoms with Crippen molar-refractivity contribution in [3.63, 3.8) is 0 Å². The van der Waals surface area contributed by atoms with Crippen LogP contribution in [-0.2, 0) is 11.3 Å². The van der Waals surface area contributed by atoms with Gasteiger partial charge in [-0.05, 0) is 43.2 Å². The number of hydrogen-bond donors (Lipinski definition) is 1. The lowest BCUT2D eigenvalue weighted by Crippen LogP contribution is -2.07. The van der Waals surface area contributed by atoms with Crippen LogP contribution in [0.3, 0.4) is 0 Å². The third-order valence-corrected chi connectivity index (χ3v) is 3.19. The summed E-state index contributed by atoms with van der Waals surface area (Å²) in [5, 5.41) is 3.32. The van der Waals surface area contributed by atoms with Gasteiger partial charge in [0.05, 0.1) is 12.7 Å². The molecule has 0 saturated carbocycles. The van der Waals surface area contributed by atoms with Crippen LogP contribution in [0.2, 0.25) is 0 Å². The van der Waals surface area contributed by atoms with Gasteiger partial charge in [0.25, 0.3) is 0 Å². The van der Waals surface area contributed by atoms with Crippen molar-refractivity contribution in [3.05, 3.63) is 58.9 Å². The number of nitrogens with zero attached hydrogens (tertiary/aromatic N) is 1. The number of aryl methyl sites for hydroxylation is 1. The van der Waals surface area contributed by atoms with Crippen molar-refractivity contribution < 1.29 is 9.53 Å². The minimum atomic E-state index is -0.317. The molecule has 0 bridgehead atoms. The van der Waals surface area contributed by atoms with Gasteiger partial charge in [-0.1, -0.05) is 12.1 Å². The van der Waals surface area contributed by atoms with Gasteiger partial charge >= 0.3 is 5.97 Å². The number of benzene rings is 1. The quantitative estimate of drug-likeness (QED) is 0.867. The van der Waals surface area contributed by atoms with Crippen LogP contribution in [0.5, 0.6) is 0 Å². The van der Waals surface area contributed by atoms with E-state index in [2.05, 4.69) is 10.3 Å². The molecule has 0 saturated heterocycles. The number of hydrogen-bond acceptors (Lipinski definition) is 4. The van der Waals surface area contributed by atoms with Gasteiger partial charge in [0.15, 0.2) is 0 Å². The van der Waals surface area contributed by atoms with Crippen molar-refractivity contribution in [2.75, 3.05) is 12.4 Å². The molecule has 1 heterocycles. The summed E-state index contributed by atoms with van der Waals surface area (Å²) >= 11 is 0. The molecule has 4 heteroatoms. The fourth-order valence-electron chi connectivity index (χ4n) is 1.96. The average molecular weight is 270 g/mol. The Morgan fingerprint density at radius 3 is 2.70 bits per heavy atom. The second-order valence-electron chi connectivity index (χ2n) is 4.63. The molecule has 0 fully saturated rings. The second-order valence-corrected chi connectivity index (χ2v) is 4.63. The molecule has 104 valence electrons. The summed E-state index contributed by atoms with van der Waals surface area (Å²) in [5.74, 6) is -0.317. The van der Waals surface area contributed by atoms with Gasteiger partial charge in [0, 0.05) is 24.1 Å². The van der Waals surface area contributed by atoms with Gasteiger partial charge < -0.3 is 10.1 Å². The number of carbonyl (C=O) groups excluding carboxylic acids is 1. The van der Waals surface area contributed by atoms with Crippen LogP contribution in [0.15, 0.2) is 36.5 Å². The van der Waals surface area contributed by atoms with E-state index >= 15 is 0 Å². The largest absolute Gasteiger partial charge is 0.465 e. The van der Waals surface area contributed by atoms with Crippen LogP contribution < -0.4 is 5.32 Å². The van der Waals surface area contributed by atoms with Crippen LogP contribution >= 0.6 is 0 Å². The van der Waals surface area contributed by atoms with Crippen molar-refractivity contribution in [2.24, 2.45) is 0 Å². The Morgan fingerprint density at radius 1 is 1.25 bits per heavy atom. The van der Waals surface area contributed by atoms with Crippen LogP contribution in [0.4, 0.5) is 5.69 Å². The normalized spacial score (nSPS) is 10.2. The number of carbonyl (C=O) groups is 1. The lowest BCUT2D eigenvalue weighted by Gasteiger charge is -2.12. The van der Waals surface area contributed by atoms with Gasteiger partial charge in [-0.2, -0.15) is 0 Å². The standard InChI is InChI=1S/C16H18N2O2/c1-11-7-8-13(9-17-11)10-18-15-6-4-5-14(12(15)2)16(19)20-3/h4-9,18H,10H2,1-3H3. The van der Waals surface area contributed by atoms with Crippen molar-refractivity contribution in [3.8, 4) is 0 Å². The van der Waals surface area contributed by atoms with Crippen LogP contribution in [0.1, 0.15) is 27.2 Å². The molecular formula is C16H18N2O2. The number of methoxy groups -OCH3 is 1. The number of aromatic nitrogens is 1. The van der Waals surface area contributed by atoms with Crippen molar-refractivity contribution in [1.82, 2.24) is 4.98 Å². The topological polar surface area (TPSA) is 51.2 Å². The zero-order valence-electron chi connectivity index (χ0n) is 11.9. The highest BCUT2D eigenvalue weighted by molar-refractivity contribution is 5.92. The molecule has 0 spiro atoms. The number of pyridine rings is 1. The average Bonchev–Trinajstić information content (AvgIpc) is 2.47. The van der Waals surface area contributed by atoms with Gasteiger partial charge in [-0.25, -0.2) is 4.79 Å². The summed E-state index contributed by atoms with van der Waals surface area (Å²) < 4.78 is 4.77. The number of nitrogens with one attached hydrogen (secondary N) is 1. The Bertz CT molecular complexity index is 606. The van der Waals surface area contributed by atoms with E-state index in [1.54, 1.807) is 6.07 Å². The molecule has 0 atom stereocenters. The first-order valence-electron chi connectivity index (χ1n) is 6.45. The maximum Gasteiger partial charge on any atom is 0.338 e. The van der Waals surface area contributed by atoms with Gasteiger partial charge in [-0.15, -0.1) is 0 Å². The maximum atomic E-state index is 11.6. The maximum absolute atomic E-state index is 11.6. The molecule has 0 unspecified atom stereocenters. The summed E-state index contributed by atoms with van der Waals surface area (Å²) in [7, 11) is 1.39. The van der Waals surface area contributed by atoms with E-state index < -0.39 is 0 Å². The molecule has 2 rings (SSSR count). The van der Waals surface area contributed by atoms with E-state index in [1.807, 2.05) is 44.3 Å². The summed E-state index contributed by atoms with van der Waals surface area (Å²) in [4.78, 5) is 15.9. The Morgan fingerprint density at radius 2 is 2.05 bits per heavy atom. The molecular weight excluding hydrogens is 252 g/mol.